The quantitative estimate of drug-likeness (QED) is 0.474. The van der Waals surface area contributed by atoms with Gasteiger partial charge >= 0.3 is 5.69 Å². The summed E-state index contributed by atoms with van der Waals surface area (Å²) in [5.41, 5.74) is 4.77. The number of rotatable bonds is 5. The Bertz CT molecular complexity index is 1390. The molecule has 0 saturated carbocycles. The highest BCUT2D eigenvalue weighted by Gasteiger charge is 2.20. The van der Waals surface area contributed by atoms with E-state index in [1.807, 2.05) is 43.5 Å². The fourth-order valence-corrected chi connectivity index (χ4v) is 4.69. The van der Waals surface area contributed by atoms with Gasteiger partial charge in [-0.05, 0) is 48.9 Å². The molecule has 1 saturated heterocycles. The van der Waals surface area contributed by atoms with Crippen LogP contribution in [0.15, 0.2) is 53.6 Å². The van der Waals surface area contributed by atoms with Crippen LogP contribution in [0.4, 0.5) is 5.69 Å². The Hall–Kier alpha value is -3.36. The van der Waals surface area contributed by atoms with Crippen molar-refractivity contribution < 1.29 is 4.79 Å². The fraction of sp³-hybridized carbons (Fsp3) is 0.292. The number of hydrogen-bond acceptors (Lipinski definition) is 5. The van der Waals surface area contributed by atoms with E-state index in [2.05, 4.69) is 25.1 Å². The Labute approximate surface area is 195 Å². The number of aromatic nitrogens is 3. The van der Waals surface area contributed by atoms with Crippen LogP contribution in [0.3, 0.4) is 0 Å². The Morgan fingerprint density at radius 2 is 2.00 bits per heavy atom. The second kappa shape index (κ2) is 8.88. The van der Waals surface area contributed by atoms with Crippen molar-refractivity contribution in [3.8, 4) is 0 Å². The molecule has 170 valence electrons. The smallest absolute Gasteiger partial charge is 0.330 e. The molecule has 1 aromatic carbocycles. The molecule has 1 aliphatic heterocycles. The molecule has 5 rings (SSSR count). The lowest BCUT2D eigenvalue weighted by atomic mass is 10.1. The summed E-state index contributed by atoms with van der Waals surface area (Å²) in [7, 11) is 0. The second-order valence-corrected chi connectivity index (χ2v) is 8.63. The van der Waals surface area contributed by atoms with Gasteiger partial charge in [0.05, 0.1) is 21.7 Å². The molecule has 1 amide bonds. The van der Waals surface area contributed by atoms with E-state index in [1.54, 1.807) is 16.7 Å². The number of nitrogens with zero attached hydrogens (tertiary/aromatic N) is 4. The summed E-state index contributed by atoms with van der Waals surface area (Å²) in [4.78, 5) is 36.5. The molecule has 9 heteroatoms. The molecule has 33 heavy (non-hydrogen) atoms. The van der Waals surface area contributed by atoms with Gasteiger partial charge in [0.2, 0.25) is 0 Å². The van der Waals surface area contributed by atoms with Crippen molar-refractivity contribution in [3.63, 3.8) is 0 Å². The van der Waals surface area contributed by atoms with E-state index in [0.29, 0.717) is 17.1 Å². The molecule has 0 spiro atoms. The van der Waals surface area contributed by atoms with Crippen molar-refractivity contribution in [2.45, 2.75) is 13.5 Å². The van der Waals surface area contributed by atoms with Crippen LogP contribution in [-0.4, -0.2) is 57.9 Å². The predicted octanol–water partition coefficient (Wildman–Crippen LogP) is 2.90. The number of fused-ring (bicyclic) bond motifs is 3. The molecule has 0 unspecified atom stereocenters. The van der Waals surface area contributed by atoms with E-state index in [1.165, 1.54) is 0 Å². The maximum absolute atomic E-state index is 12.3. The number of carbonyl (C=O) groups is 1. The zero-order chi connectivity index (χ0) is 22.9. The third-order valence-electron chi connectivity index (χ3n) is 6.06. The lowest BCUT2D eigenvalue weighted by molar-refractivity contribution is 0.0956. The average Bonchev–Trinajstić information content (AvgIpc) is 3.31. The van der Waals surface area contributed by atoms with Crippen LogP contribution >= 0.6 is 11.6 Å². The molecule has 4 heterocycles. The van der Waals surface area contributed by atoms with Gasteiger partial charge in [-0.3, -0.25) is 19.1 Å². The predicted molar refractivity (Wildman–Crippen MR) is 130 cm³/mol. The van der Waals surface area contributed by atoms with Gasteiger partial charge in [0, 0.05) is 57.2 Å². The highest BCUT2D eigenvalue weighted by atomic mass is 35.5. The van der Waals surface area contributed by atoms with Crippen molar-refractivity contribution in [1.82, 2.24) is 24.6 Å². The SMILES string of the molecule is CCNC(=O)c1ccc(N2CCN(Cc3cnc4c(c3)[nH]c(=O)n3cccc43)CC2)c(Cl)c1. The normalized spacial score (nSPS) is 14.8. The van der Waals surface area contributed by atoms with Crippen LogP contribution < -0.4 is 15.9 Å². The van der Waals surface area contributed by atoms with Crippen molar-refractivity contribution in [3.05, 3.63) is 75.4 Å². The van der Waals surface area contributed by atoms with Crippen LogP contribution in [0.1, 0.15) is 22.8 Å². The molecule has 1 aliphatic rings. The summed E-state index contributed by atoms with van der Waals surface area (Å²) >= 11 is 6.50. The number of hydrogen-bond donors (Lipinski definition) is 2. The van der Waals surface area contributed by atoms with Gasteiger partial charge in [-0.1, -0.05) is 11.6 Å². The first-order valence-corrected chi connectivity index (χ1v) is 11.4. The van der Waals surface area contributed by atoms with E-state index in [-0.39, 0.29) is 11.6 Å². The molecule has 0 atom stereocenters. The monoisotopic (exact) mass is 464 g/mol. The second-order valence-electron chi connectivity index (χ2n) is 8.22. The van der Waals surface area contributed by atoms with Gasteiger partial charge in [-0.2, -0.15) is 0 Å². The number of anilines is 1. The molecular weight excluding hydrogens is 440 g/mol. The van der Waals surface area contributed by atoms with Crippen molar-refractivity contribution in [2.75, 3.05) is 37.6 Å². The number of nitrogens with one attached hydrogen (secondary N) is 2. The summed E-state index contributed by atoms with van der Waals surface area (Å²) in [6.45, 7) is 6.66. The fourth-order valence-electron chi connectivity index (χ4n) is 4.39. The van der Waals surface area contributed by atoms with E-state index >= 15 is 0 Å². The summed E-state index contributed by atoms with van der Waals surface area (Å²) in [5, 5.41) is 3.38. The first kappa shape index (κ1) is 21.5. The summed E-state index contributed by atoms with van der Waals surface area (Å²) in [6.07, 6.45) is 3.62. The number of pyridine rings is 1. The minimum Gasteiger partial charge on any atom is -0.368 e. The molecule has 4 aromatic rings. The first-order valence-electron chi connectivity index (χ1n) is 11.1. The first-order chi connectivity index (χ1) is 16.0. The number of benzene rings is 1. The lowest BCUT2D eigenvalue weighted by Gasteiger charge is -2.36. The molecular formula is C24H25ClN6O2. The molecule has 0 aliphatic carbocycles. The molecule has 0 bridgehead atoms. The third kappa shape index (κ3) is 4.19. The van der Waals surface area contributed by atoms with Gasteiger partial charge in [0.25, 0.3) is 5.91 Å². The summed E-state index contributed by atoms with van der Waals surface area (Å²) in [6, 6.07) is 11.2. The topological polar surface area (TPSA) is 85.7 Å². The van der Waals surface area contributed by atoms with Crippen LogP contribution in [0, 0.1) is 0 Å². The Kier molecular flexibility index (Phi) is 5.78. The standard InChI is InChI=1S/C24H25ClN6O2/c1-2-26-23(32)17-5-6-20(18(25)13-17)30-10-8-29(9-11-30)15-16-12-19-22(27-14-16)21-4-3-7-31(21)24(33)28-19/h3-7,12-14H,2,8-11,15H2,1H3,(H,26,32)(H,28,33). The van der Waals surface area contributed by atoms with Crippen LogP contribution in [-0.2, 0) is 6.54 Å². The van der Waals surface area contributed by atoms with E-state index in [4.69, 9.17) is 11.6 Å². The molecule has 1 fully saturated rings. The Morgan fingerprint density at radius 3 is 2.76 bits per heavy atom. The number of carbonyl (C=O) groups excluding carboxylic acids is 1. The van der Waals surface area contributed by atoms with Gasteiger partial charge < -0.3 is 15.2 Å². The molecule has 2 N–H and O–H groups in total. The van der Waals surface area contributed by atoms with E-state index < -0.39 is 0 Å². The zero-order valence-corrected chi connectivity index (χ0v) is 19.1. The van der Waals surface area contributed by atoms with Gasteiger partial charge in [0.1, 0.15) is 5.52 Å². The van der Waals surface area contributed by atoms with Gasteiger partial charge in [-0.15, -0.1) is 0 Å². The number of piperazine rings is 1. The maximum atomic E-state index is 12.3. The highest BCUT2D eigenvalue weighted by molar-refractivity contribution is 6.33. The van der Waals surface area contributed by atoms with Crippen molar-refractivity contribution in [2.24, 2.45) is 0 Å². The molecule has 0 radical (unpaired) electrons. The van der Waals surface area contributed by atoms with E-state index in [9.17, 15) is 9.59 Å². The number of aromatic amines is 1. The van der Waals surface area contributed by atoms with Crippen molar-refractivity contribution in [1.29, 1.82) is 0 Å². The highest BCUT2D eigenvalue weighted by Crippen LogP contribution is 2.28. The van der Waals surface area contributed by atoms with Crippen LogP contribution in [0.25, 0.3) is 16.6 Å². The number of amides is 1. The van der Waals surface area contributed by atoms with Crippen LogP contribution in [0.5, 0.6) is 0 Å². The minimum absolute atomic E-state index is 0.112. The van der Waals surface area contributed by atoms with Gasteiger partial charge in [-0.25, -0.2) is 4.79 Å². The summed E-state index contributed by atoms with van der Waals surface area (Å²) < 4.78 is 1.57. The lowest BCUT2D eigenvalue weighted by Crippen LogP contribution is -2.46. The Balaban J connectivity index is 1.26. The van der Waals surface area contributed by atoms with Crippen molar-refractivity contribution >= 4 is 39.7 Å². The maximum Gasteiger partial charge on any atom is 0.330 e. The largest absolute Gasteiger partial charge is 0.368 e. The van der Waals surface area contributed by atoms with Crippen LogP contribution in [0.2, 0.25) is 5.02 Å². The van der Waals surface area contributed by atoms with Gasteiger partial charge in [0.15, 0.2) is 0 Å². The van der Waals surface area contributed by atoms with E-state index in [0.717, 1.165) is 60.5 Å². The molecule has 8 nitrogen and oxygen atoms in total. The third-order valence-corrected chi connectivity index (χ3v) is 6.37. The molecule has 3 aromatic heterocycles. The number of halogens is 1. The zero-order valence-electron chi connectivity index (χ0n) is 18.3. The summed E-state index contributed by atoms with van der Waals surface area (Å²) in [5.74, 6) is -0.112. The Morgan fingerprint density at radius 1 is 1.18 bits per heavy atom. The number of H-pyrrole nitrogens is 1. The average molecular weight is 465 g/mol. The minimum atomic E-state index is -0.162.